The Morgan fingerprint density at radius 2 is 1.95 bits per heavy atom. The number of anilines is 1. The van der Waals surface area contributed by atoms with E-state index in [2.05, 4.69) is 42.8 Å². The second kappa shape index (κ2) is 13.4. The Morgan fingerprint density at radius 3 is 2.73 bits per heavy atom. The summed E-state index contributed by atoms with van der Waals surface area (Å²) in [6, 6.07) is 7.98. The molecule has 204 valence electrons. The summed E-state index contributed by atoms with van der Waals surface area (Å²) >= 11 is 0.926. The van der Waals surface area contributed by atoms with E-state index >= 15 is 0 Å². The third-order valence-corrected chi connectivity index (χ3v) is 7.48. The van der Waals surface area contributed by atoms with Crippen molar-refractivity contribution in [3.63, 3.8) is 0 Å². The quantitative estimate of drug-likeness (QED) is 0.373. The Morgan fingerprint density at radius 1 is 1.15 bits per heavy atom. The van der Waals surface area contributed by atoms with Crippen LogP contribution in [0.5, 0.6) is 0 Å². The van der Waals surface area contributed by atoms with E-state index in [4.69, 9.17) is 9.47 Å². The molecule has 0 amide bonds. The molecule has 2 aromatic rings. The van der Waals surface area contributed by atoms with Crippen LogP contribution in [-0.2, 0) is 32.0 Å². The van der Waals surface area contributed by atoms with Gasteiger partial charge in [0.05, 0.1) is 4.53 Å². The van der Waals surface area contributed by atoms with Crippen molar-refractivity contribution >= 4 is 46.7 Å². The first-order valence-electron chi connectivity index (χ1n) is 12.8. The van der Waals surface area contributed by atoms with Gasteiger partial charge >= 0.3 is 11.9 Å². The fourth-order valence-corrected chi connectivity index (χ4v) is 5.44. The van der Waals surface area contributed by atoms with Crippen molar-refractivity contribution in [1.29, 1.82) is 5.26 Å². The van der Waals surface area contributed by atoms with Crippen LogP contribution < -0.4 is 20.1 Å². The molecule has 4 rings (SSSR count). The van der Waals surface area contributed by atoms with E-state index < -0.39 is 24.0 Å². The van der Waals surface area contributed by atoms with Gasteiger partial charge in [0.15, 0.2) is 5.57 Å². The van der Waals surface area contributed by atoms with Crippen molar-refractivity contribution in [3.05, 3.63) is 104 Å². The zero-order valence-electron chi connectivity index (χ0n) is 22.0. The summed E-state index contributed by atoms with van der Waals surface area (Å²) in [5.74, 6) is -1.62. The molecular formula is C31H29N3O5S. The van der Waals surface area contributed by atoms with Crippen LogP contribution in [0.4, 0.5) is 5.69 Å². The molecule has 0 fully saturated rings. The van der Waals surface area contributed by atoms with E-state index in [0.717, 1.165) is 52.8 Å². The Bertz CT molecular complexity index is 1660. The van der Waals surface area contributed by atoms with Crippen molar-refractivity contribution in [3.8, 4) is 6.07 Å². The number of rotatable bonds is 9. The first-order chi connectivity index (χ1) is 19.4. The van der Waals surface area contributed by atoms with Gasteiger partial charge in [-0.1, -0.05) is 49.6 Å². The maximum absolute atomic E-state index is 13.2. The molecule has 1 aliphatic carbocycles. The van der Waals surface area contributed by atoms with Gasteiger partial charge in [-0.05, 0) is 66.7 Å². The minimum absolute atomic E-state index is 0.0124. The molecule has 8 nitrogen and oxygen atoms in total. The van der Waals surface area contributed by atoms with Gasteiger partial charge in [-0.2, -0.15) is 5.26 Å². The standard InChI is InChI=1S/C31H29N3O5S/c1-3-16-38-28(35)20-34-29(36)27(40-30(34)24(19-32)31(37)39-17-4-2)11-7-8-21-12-15-26-23(18-21)14-13-22-9-5-6-10-25(22)33-26/h3-4,6-8,10-12,15,18,33H,1-2,5,9,13-14,16-17,20H2/b8-7+,27-11-,30-24+. The molecule has 9 heteroatoms. The van der Waals surface area contributed by atoms with Gasteiger partial charge in [-0.25, -0.2) is 4.79 Å². The number of fused-ring (bicyclic) bond motifs is 1. The first-order valence-corrected chi connectivity index (χ1v) is 13.6. The zero-order chi connectivity index (χ0) is 28.5. The molecule has 1 aromatic heterocycles. The molecule has 2 heterocycles. The fraction of sp³-hybridized carbons (Fsp3) is 0.226. The molecule has 1 N–H and O–H groups in total. The Labute approximate surface area is 235 Å². The van der Waals surface area contributed by atoms with Crippen LogP contribution in [0.1, 0.15) is 30.4 Å². The highest BCUT2D eigenvalue weighted by atomic mass is 32.1. The first kappa shape index (κ1) is 28.3. The molecule has 0 radical (unpaired) electrons. The molecule has 0 spiro atoms. The fourth-order valence-electron chi connectivity index (χ4n) is 4.40. The van der Waals surface area contributed by atoms with Gasteiger partial charge in [0, 0.05) is 11.4 Å². The predicted molar refractivity (Wildman–Crippen MR) is 156 cm³/mol. The number of ether oxygens (including phenoxy) is 2. The lowest BCUT2D eigenvalue weighted by Gasteiger charge is -2.14. The molecular weight excluding hydrogens is 526 g/mol. The van der Waals surface area contributed by atoms with E-state index in [9.17, 15) is 19.6 Å². The molecule has 0 saturated carbocycles. The summed E-state index contributed by atoms with van der Waals surface area (Å²) < 4.78 is 11.3. The Hall–Kier alpha value is -4.68. The highest BCUT2D eigenvalue weighted by molar-refractivity contribution is 7.07. The number of carbonyl (C=O) groups is 2. The molecule has 2 aliphatic rings. The normalized spacial score (nSPS) is 15.3. The largest absolute Gasteiger partial charge is 0.460 e. The van der Waals surface area contributed by atoms with Crippen LogP contribution in [-0.4, -0.2) is 29.7 Å². The van der Waals surface area contributed by atoms with Gasteiger partial charge < -0.3 is 14.8 Å². The second-order valence-corrected chi connectivity index (χ2v) is 10.1. The minimum Gasteiger partial charge on any atom is -0.460 e. The van der Waals surface area contributed by atoms with Crippen LogP contribution in [0.2, 0.25) is 0 Å². The van der Waals surface area contributed by atoms with Gasteiger partial charge in [-0.15, -0.1) is 11.3 Å². The number of allylic oxidation sites excluding steroid dienone is 4. The van der Waals surface area contributed by atoms with Gasteiger partial charge in [-0.3, -0.25) is 14.2 Å². The van der Waals surface area contributed by atoms with Crippen molar-refractivity contribution in [2.45, 2.75) is 32.2 Å². The maximum Gasteiger partial charge on any atom is 0.352 e. The number of nitriles is 1. The minimum atomic E-state index is -0.913. The van der Waals surface area contributed by atoms with Crippen molar-refractivity contribution in [2.75, 3.05) is 18.5 Å². The molecule has 1 aliphatic heterocycles. The Balaban J connectivity index is 1.66. The van der Waals surface area contributed by atoms with Crippen molar-refractivity contribution in [1.82, 2.24) is 4.57 Å². The van der Waals surface area contributed by atoms with E-state index in [1.54, 1.807) is 18.2 Å². The van der Waals surface area contributed by atoms with Crippen LogP contribution in [0.3, 0.4) is 0 Å². The number of thiazole rings is 1. The molecule has 0 saturated heterocycles. The van der Waals surface area contributed by atoms with Crippen molar-refractivity contribution in [2.24, 2.45) is 0 Å². The molecule has 0 unspecified atom stereocenters. The highest BCUT2D eigenvalue weighted by Gasteiger charge is 2.19. The summed E-state index contributed by atoms with van der Waals surface area (Å²) in [7, 11) is 0. The third kappa shape index (κ3) is 6.65. The van der Waals surface area contributed by atoms with E-state index in [1.807, 2.05) is 12.1 Å². The van der Waals surface area contributed by atoms with E-state index in [1.165, 1.54) is 29.0 Å². The number of benzene rings is 1. The van der Waals surface area contributed by atoms with Crippen molar-refractivity contribution < 1.29 is 19.1 Å². The monoisotopic (exact) mass is 555 g/mol. The average molecular weight is 556 g/mol. The van der Waals surface area contributed by atoms with E-state index in [0.29, 0.717) is 0 Å². The number of nitrogens with one attached hydrogen (secondary N) is 1. The number of hydrogen-bond acceptors (Lipinski definition) is 8. The molecule has 1 aromatic carbocycles. The molecule has 40 heavy (non-hydrogen) atoms. The summed E-state index contributed by atoms with van der Waals surface area (Å²) in [6.07, 6.45) is 16.4. The number of aryl methyl sites for hydroxylation is 1. The van der Waals surface area contributed by atoms with Crippen LogP contribution in [0.25, 0.3) is 17.7 Å². The van der Waals surface area contributed by atoms with Gasteiger partial charge in [0.2, 0.25) is 0 Å². The van der Waals surface area contributed by atoms with Crippen LogP contribution >= 0.6 is 11.3 Å². The SMILES string of the molecule is C=CCOC(=O)Cn1c(=O)/c(=C/C=C/c2ccc3c(c2)CCC2=C(C=CCC2)N3)s/c1=C(\C#N)C(=O)OCC=C. The summed E-state index contributed by atoms with van der Waals surface area (Å²) in [5, 5.41) is 13.2. The maximum atomic E-state index is 13.2. The van der Waals surface area contributed by atoms with Gasteiger partial charge in [0.25, 0.3) is 5.56 Å². The van der Waals surface area contributed by atoms with Crippen LogP contribution in [0.15, 0.2) is 77.8 Å². The van der Waals surface area contributed by atoms with Gasteiger partial charge in [0.1, 0.15) is 30.5 Å². The highest BCUT2D eigenvalue weighted by Crippen LogP contribution is 2.32. The summed E-state index contributed by atoms with van der Waals surface area (Å²) in [6.45, 7) is 6.38. The summed E-state index contributed by atoms with van der Waals surface area (Å²) in [5.41, 5.74) is 5.01. The second-order valence-electron chi connectivity index (χ2n) is 9.03. The Kier molecular flexibility index (Phi) is 9.49. The number of aromatic nitrogens is 1. The third-order valence-electron chi connectivity index (χ3n) is 6.33. The number of carbonyl (C=O) groups excluding carboxylic acids is 2. The smallest absolute Gasteiger partial charge is 0.352 e. The lowest BCUT2D eigenvalue weighted by Crippen LogP contribution is -2.36. The summed E-state index contributed by atoms with van der Waals surface area (Å²) in [4.78, 5) is 38.0. The topological polar surface area (TPSA) is 110 Å². The number of nitrogens with zero attached hydrogens (tertiary/aromatic N) is 2. The predicted octanol–water partition coefficient (Wildman–Crippen LogP) is 3.50. The molecule has 0 bridgehead atoms. The van der Waals surface area contributed by atoms with Crippen LogP contribution in [0, 0.1) is 11.3 Å². The molecule has 0 atom stereocenters. The lowest BCUT2D eigenvalue weighted by molar-refractivity contribution is -0.143. The zero-order valence-corrected chi connectivity index (χ0v) is 22.8. The lowest BCUT2D eigenvalue weighted by atomic mass is 9.97. The average Bonchev–Trinajstić information content (AvgIpc) is 3.13. The number of esters is 2. The van der Waals surface area contributed by atoms with E-state index in [-0.39, 0.29) is 28.0 Å². The number of hydrogen-bond donors (Lipinski definition) is 1.